The second-order valence-corrected chi connectivity index (χ2v) is 10.9. The second kappa shape index (κ2) is 8.95. The third kappa shape index (κ3) is 3.39. The van der Waals surface area contributed by atoms with Crippen molar-refractivity contribution in [2.75, 3.05) is 0 Å². The van der Waals surface area contributed by atoms with Gasteiger partial charge in [0, 0.05) is 16.2 Å². The van der Waals surface area contributed by atoms with Crippen LogP contribution in [0.3, 0.4) is 0 Å². The summed E-state index contributed by atoms with van der Waals surface area (Å²) in [6, 6.07) is 49.9. The maximum absolute atomic E-state index is 6.31. The van der Waals surface area contributed by atoms with Crippen molar-refractivity contribution in [1.29, 1.82) is 0 Å². The maximum atomic E-state index is 6.31. The van der Waals surface area contributed by atoms with Crippen LogP contribution in [0.5, 0.6) is 0 Å². The summed E-state index contributed by atoms with van der Waals surface area (Å²) in [5, 5.41) is 8.16. The molecule has 0 saturated carbocycles. The molecule has 0 bridgehead atoms. The monoisotopic (exact) mass is 536 g/mol. The van der Waals surface area contributed by atoms with Crippen molar-refractivity contribution in [3.05, 3.63) is 146 Å². The molecule has 196 valence electrons. The molecule has 0 aliphatic heterocycles. The summed E-state index contributed by atoms with van der Waals surface area (Å²) in [6.07, 6.45) is 1.72. The molecule has 0 N–H and O–H groups in total. The maximum Gasteiger partial charge on any atom is 0.178 e. The summed E-state index contributed by atoms with van der Waals surface area (Å²) in [7, 11) is 0. The molecule has 0 amide bonds. The van der Waals surface area contributed by atoms with Crippen LogP contribution in [0, 0.1) is 0 Å². The Hall–Kier alpha value is -5.60. The Kier molecular flexibility index (Phi) is 4.93. The highest BCUT2D eigenvalue weighted by Crippen LogP contribution is 2.45. The van der Waals surface area contributed by atoms with Crippen molar-refractivity contribution in [2.24, 2.45) is 0 Å². The van der Waals surface area contributed by atoms with Crippen LogP contribution in [0.1, 0.15) is 0 Å². The average Bonchev–Trinajstić information content (AvgIpc) is 3.69. The first-order valence-corrected chi connectivity index (χ1v) is 14.3. The quantitative estimate of drug-likeness (QED) is 0.210. The molecule has 2 nitrogen and oxygen atoms in total. The number of rotatable bonds is 3. The predicted molar refractivity (Wildman–Crippen MR) is 175 cm³/mol. The minimum atomic E-state index is 0.795. The fourth-order valence-electron chi connectivity index (χ4n) is 6.62. The SMILES string of the molecule is c1ccc(-c2ccc(-c3c4ccccc4c(-c4ccc5oc6c(ccc7ccoc76)c5c4)c4ccccc34)cc2)cc1. The van der Waals surface area contributed by atoms with Gasteiger partial charge in [-0.15, -0.1) is 0 Å². The van der Waals surface area contributed by atoms with E-state index in [1.54, 1.807) is 6.26 Å². The third-order valence-corrected chi connectivity index (χ3v) is 8.56. The van der Waals surface area contributed by atoms with Gasteiger partial charge in [-0.2, -0.15) is 0 Å². The van der Waals surface area contributed by atoms with Crippen molar-refractivity contribution in [2.45, 2.75) is 0 Å². The van der Waals surface area contributed by atoms with Gasteiger partial charge in [-0.25, -0.2) is 0 Å². The molecule has 42 heavy (non-hydrogen) atoms. The van der Waals surface area contributed by atoms with Crippen LogP contribution in [0.15, 0.2) is 155 Å². The van der Waals surface area contributed by atoms with E-state index in [0.717, 1.165) is 32.9 Å². The Labute approximate surface area is 242 Å². The highest BCUT2D eigenvalue weighted by Gasteiger charge is 2.18. The average molecular weight is 537 g/mol. The number of hydrogen-bond donors (Lipinski definition) is 0. The number of furan rings is 2. The molecule has 2 heteroatoms. The Bertz CT molecular complexity index is 2380. The van der Waals surface area contributed by atoms with Crippen LogP contribution < -0.4 is 0 Å². The fraction of sp³-hybridized carbons (Fsp3) is 0. The van der Waals surface area contributed by atoms with Gasteiger partial charge < -0.3 is 8.83 Å². The van der Waals surface area contributed by atoms with Crippen LogP contribution in [0.4, 0.5) is 0 Å². The summed E-state index contributed by atoms with van der Waals surface area (Å²) in [4.78, 5) is 0. The first-order valence-electron chi connectivity index (χ1n) is 14.3. The minimum Gasteiger partial charge on any atom is -0.460 e. The molecule has 0 radical (unpaired) electrons. The minimum absolute atomic E-state index is 0.795. The zero-order valence-electron chi connectivity index (χ0n) is 22.7. The fourth-order valence-corrected chi connectivity index (χ4v) is 6.62. The first-order chi connectivity index (χ1) is 20.8. The number of hydrogen-bond acceptors (Lipinski definition) is 2. The lowest BCUT2D eigenvalue weighted by atomic mass is 9.85. The standard InChI is InChI=1S/C40H24O2/c1-2-8-25(9-3-1)26-14-16-27(17-15-26)37-30-10-4-6-12-32(30)38(33-13-7-5-11-31(33)37)29-19-21-36-35(24-29)34-20-18-28-22-23-41-39(28)40(34)42-36/h1-24H. The lowest BCUT2D eigenvalue weighted by Gasteiger charge is -2.18. The van der Waals surface area contributed by atoms with Crippen molar-refractivity contribution >= 4 is 54.5 Å². The lowest BCUT2D eigenvalue weighted by molar-refractivity contribution is 0.600. The number of fused-ring (bicyclic) bond motifs is 7. The molecule has 0 unspecified atom stereocenters. The van der Waals surface area contributed by atoms with Crippen LogP contribution in [0.2, 0.25) is 0 Å². The van der Waals surface area contributed by atoms with Gasteiger partial charge in [0.05, 0.1) is 6.26 Å². The Morgan fingerprint density at radius 2 is 0.929 bits per heavy atom. The first kappa shape index (κ1) is 23.1. The molecule has 2 heterocycles. The van der Waals surface area contributed by atoms with E-state index in [1.807, 2.05) is 6.07 Å². The molecular weight excluding hydrogens is 512 g/mol. The van der Waals surface area contributed by atoms with Gasteiger partial charge in [-0.3, -0.25) is 0 Å². The zero-order valence-corrected chi connectivity index (χ0v) is 22.7. The molecule has 0 aliphatic carbocycles. The Balaban J connectivity index is 1.30. The molecule has 7 aromatic carbocycles. The van der Waals surface area contributed by atoms with Gasteiger partial charge in [0.2, 0.25) is 0 Å². The van der Waals surface area contributed by atoms with E-state index >= 15 is 0 Å². The Morgan fingerprint density at radius 1 is 0.357 bits per heavy atom. The van der Waals surface area contributed by atoms with Crippen LogP contribution in [-0.2, 0) is 0 Å². The van der Waals surface area contributed by atoms with E-state index in [4.69, 9.17) is 8.83 Å². The van der Waals surface area contributed by atoms with E-state index in [1.165, 1.54) is 54.9 Å². The summed E-state index contributed by atoms with van der Waals surface area (Å²) < 4.78 is 12.1. The van der Waals surface area contributed by atoms with E-state index in [-0.39, 0.29) is 0 Å². The van der Waals surface area contributed by atoms with Gasteiger partial charge >= 0.3 is 0 Å². The van der Waals surface area contributed by atoms with Gasteiger partial charge in [0.25, 0.3) is 0 Å². The Morgan fingerprint density at radius 3 is 1.62 bits per heavy atom. The molecule has 9 rings (SSSR count). The normalized spacial score (nSPS) is 11.8. The molecule has 0 spiro atoms. The largest absolute Gasteiger partial charge is 0.460 e. The molecule has 0 saturated heterocycles. The lowest BCUT2D eigenvalue weighted by Crippen LogP contribution is -1.91. The van der Waals surface area contributed by atoms with Gasteiger partial charge in [0.1, 0.15) is 5.58 Å². The van der Waals surface area contributed by atoms with Crippen LogP contribution in [0.25, 0.3) is 87.8 Å². The topological polar surface area (TPSA) is 26.3 Å². The van der Waals surface area contributed by atoms with E-state index < -0.39 is 0 Å². The van der Waals surface area contributed by atoms with Crippen molar-refractivity contribution in [1.82, 2.24) is 0 Å². The summed E-state index contributed by atoms with van der Waals surface area (Å²) in [6.45, 7) is 0. The van der Waals surface area contributed by atoms with E-state index in [2.05, 4.69) is 133 Å². The zero-order chi connectivity index (χ0) is 27.6. The van der Waals surface area contributed by atoms with Gasteiger partial charge in [-0.05, 0) is 79.2 Å². The number of benzene rings is 7. The third-order valence-electron chi connectivity index (χ3n) is 8.56. The molecule has 0 fully saturated rings. The van der Waals surface area contributed by atoms with Gasteiger partial charge in [0.15, 0.2) is 11.2 Å². The highest BCUT2D eigenvalue weighted by molar-refractivity contribution is 6.22. The predicted octanol–water partition coefficient (Wildman–Crippen LogP) is 11.6. The van der Waals surface area contributed by atoms with Gasteiger partial charge in [-0.1, -0.05) is 115 Å². The van der Waals surface area contributed by atoms with E-state index in [9.17, 15) is 0 Å². The molecular formula is C40H24O2. The molecule has 9 aromatic rings. The second-order valence-electron chi connectivity index (χ2n) is 10.9. The van der Waals surface area contributed by atoms with Crippen molar-refractivity contribution in [3.8, 4) is 33.4 Å². The van der Waals surface area contributed by atoms with Crippen LogP contribution in [-0.4, -0.2) is 0 Å². The summed E-state index contributed by atoms with van der Waals surface area (Å²) >= 11 is 0. The smallest absolute Gasteiger partial charge is 0.178 e. The van der Waals surface area contributed by atoms with E-state index in [0.29, 0.717) is 0 Å². The molecule has 0 aliphatic rings. The van der Waals surface area contributed by atoms with Crippen molar-refractivity contribution < 1.29 is 8.83 Å². The molecule has 2 aromatic heterocycles. The summed E-state index contributed by atoms with van der Waals surface area (Å²) in [5.41, 5.74) is 9.79. The van der Waals surface area contributed by atoms with Crippen LogP contribution >= 0.6 is 0 Å². The summed E-state index contributed by atoms with van der Waals surface area (Å²) in [5.74, 6) is 0. The highest BCUT2D eigenvalue weighted by atomic mass is 16.4. The molecule has 0 atom stereocenters. The van der Waals surface area contributed by atoms with Crippen molar-refractivity contribution in [3.63, 3.8) is 0 Å².